The van der Waals surface area contributed by atoms with Gasteiger partial charge in [0.25, 0.3) is 0 Å². The van der Waals surface area contributed by atoms with Crippen LogP contribution in [0.3, 0.4) is 0 Å². The SMILES string of the molecule is CCC(=O)O.CCC(=O)O.CCCCCCCCOC(=O)c1ccccc1C(=O)OCCCCCCCC. The highest BCUT2D eigenvalue weighted by Crippen LogP contribution is 2.14. The lowest BCUT2D eigenvalue weighted by Gasteiger charge is -2.10. The summed E-state index contributed by atoms with van der Waals surface area (Å²) in [7, 11) is 0. The monoisotopic (exact) mass is 538 g/mol. The first-order chi connectivity index (χ1) is 18.2. The van der Waals surface area contributed by atoms with Gasteiger partial charge in [0.05, 0.1) is 24.3 Å². The molecule has 0 aliphatic heterocycles. The molecule has 0 saturated heterocycles. The third-order valence-electron chi connectivity index (χ3n) is 5.43. The van der Waals surface area contributed by atoms with E-state index in [9.17, 15) is 19.2 Å². The van der Waals surface area contributed by atoms with Crippen molar-refractivity contribution >= 4 is 23.9 Å². The minimum absolute atomic E-state index is 0.222. The van der Waals surface area contributed by atoms with Crippen LogP contribution in [0, 0.1) is 0 Å². The zero-order valence-electron chi connectivity index (χ0n) is 24.0. The molecule has 0 aromatic heterocycles. The Labute approximate surface area is 229 Å². The molecule has 1 aromatic carbocycles. The summed E-state index contributed by atoms with van der Waals surface area (Å²) < 4.78 is 10.7. The fourth-order valence-electron chi connectivity index (χ4n) is 3.09. The second kappa shape index (κ2) is 27.1. The topological polar surface area (TPSA) is 127 Å². The second-order valence-electron chi connectivity index (χ2n) is 8.85. The van der Waals surface area contributed by atoms with E-state index in [2.05, 4.69) is 13.8 Å². The number of hydrogen-bond donors (Lipinski definition) is 2. The van der Waals surface area contributed by atoms with Crippen LogP contribution < -0.4 is 0 Å². The molecular weight excluding hydrogens is 488 g/mol. The number of carboxylic acid groups (broad SMARTS) is 2. The number of unbranched alkanes of at least 4 members (excludes halogenated alkanes) is 10. The molecule has 0 atom stereocenters. The van der Waals surface area contributed by atoms with E-state index in [-0.39, 0.29) is 12.8 Å². The zero-order chi connectivity index (χ0) is 29.0. The van der Waals surface area contributed by atoms with Gasteiger partial charge in [-0.2, -0.15) is 0 Å². The Hall–Kier alpha value is -2.90. The zero-order valence-corrected chi connectivity index (χ0v) is 24.0. The van der Waals surface area contributed by atoms with Crippen LogP contribution in [0.1, 0.15) is 138 Å². The molecule has 0 bridgehead atoms. The molecule has 0 aliphatic carbocycles. The first-order valence-corrected chi connectivity index (χ1v) is 14.1. The lowest BCUT2D eigenvalue weighted by molar-refractivity contribution is -0.137. The maximum atomic E-state index is 12.4. The highest BCUT2D eigenvalue weighted by atomic mass is 16.5. The minimum Gasteiger partial charge on any atom is -0.481 e. The van der Waals surface area contributed by atoms with E-state index < -0.39 is 23.9 Å². The van der Waals surface area contributed by atoms with Crippen molar-refractivity contribution in [1.82, 2.24) is 0 Å². The van der Waals surface area contributed by atoms with E-state index in [1.165, 1.54) is 51.4 Å². The number of aliphatic carboxylic acids is 2. The number of carbonyl (C=O) groups is 4. The van der Waals surface area contributed by atoms with Crippen LogP contribution in [0.5, 0.6) is 0 Å². The molecule has 2 N–H and O–H groups in total. The number of benzene rings is 1. The number of esters is 2. The summed E-state index contributed by atoms with van der Waals surface area (Å²) >= 11 is 0. The van der Waals surface area contributed by atoms with Crippen molar-refractivity contribution in [2.24, 2.45) is 0 Å². The molecule has 0 radical (unpaired) electrons. The normalized spacial score (nSPS) is 9.79. The summed E-state index contributed by atoms with van der Waals surface area (Å²) in [5, 5.41) is 15.4. The molecule has 8 heteroatoms. The van der Waals surface area contributed by atoms with Crippen molar-refractivity contribution in [3.8, 4) is 0 Å². The van der Waals surface area contributed by atoms with Crippen LogP contribution in [0.25, 0.3) is 0 Å². The summed E-state index contributed by atoms with van der Waals surface area (Å²) in [6.07, 6.45) is 14.1. The smallest absolute Gasteiger partial charge is 0.339 e. The van der Waals surface area contributed by atoms with Gasteiger partial charge in [0.15, 0.2) is 0 Å². The number of carboxylic acids is 2. The van der Waals surface area contributed by atoms with Crippen molar-refractivity contribution in [1.29, 1.82) is 0 Å². The Morgan fingerprint density at radius 1 is 0.553 bits per heavy atom. The third-order valence-corrected chi connectivity index (χ3v) is 5.43. The van der Waals surface area contributed by atoms with E-state index in [0.29, 0.717) is 24.3 Å². The van der Waals surface area contributed by atoms with Crippen LogP contribution >= 0.6 is 0 Å². The second-order valence-corrected chi connectivity index (χ2v) is 8.85. The molecule has 8 nitrogen and oxygen atoms in total. The number of rotatable bonds is 18. The average molecular weight is 539 g/mol. The molecule has 38 heavy (non-hydrogen) atoms. The molecule has 0 fully saturated rings. The standard InChI is InChI=1S/C24H38O4.2C3H6O2/c1-3-5-7-9-11-15-19-27-23(25)21-17-13-14-18-22(21)24(26)28-20-16-12-10-8-6-4-2;2*1-2-3(4)5/h13-14,17-18H,3-12,15-16,19-20H2,1-2H3;2*2H2,1H3,(H,4,5). The van der Waals surface area contributed by atoms with Crippen LogP contribution in [-0.2, 0) is 19.1 Å². The Morgan fingerprint density at radius 2 is 0.842 bits per heavy atom. The lowest BCUT2D eigenvalue weighted by atomic mass is 10.1. The van der Waals surface area contributed by atoms with E-state index in [1.807, 2.05) is 0 Å². The maximum absolute atomic E-state index is 12.4. The predicted molar refractivity (Wildman–Crippen MR) is 150 cm³/mol. The Balaban J connectivity index is 0. The van der Waals surface area contributed by atoms with Crippen molar-refractivity contribution in [2.45, 2.75) is 118 Å². The molecule has 0 spiro atoms. The summed E-state index contributed by atoms with van der Waals surface area (Å²) in [6, 6.07) is 6.74. The highest BCUT2D eigenvalue weighted by molar-refractivity contribution is 6.03. The van der Waals surface area contributed by atoms with E-state index in [0.717, 1.165) is 25.7 Å². The van der Waals surface area contributed by atoms with E-state index in [1.54, 1.807) is 38.1 Å². The van der Waals surface area contributed by atoms with Crippen LogP contribution in [0.2, 0.25) is 0 Å². The first kappa shape index (κ1) is 37.3. The molecular formula is C30H50O8. The Morgan fingerprint density at radius 3 is 1.13 bits per heavy atom. The average Bonchev–Trinajstić information content (AvgIpc) is 2.92. The van der Waals surface area contributed by atoms with Gasteiger partial charge in [0.2, 0.25) is 0 Å². The van der Waals surface area contributed by atoms with Gasteiger partial charge in [-0.05, 0) is 25.0 Å². The summed E-state index contributed by atoms with van der Waals surface area (Å²) in [5.74, 6) is -2.38. The third kappa shape index (κ3) is 23.5. The van der Waals surface area contributed by atoms with E-state index in [4.69, 9.17) is 19.7 Å². The van der Waals surface area contributed by atoms with Crippen molar-refractivity contribution in [3.63, 3.8) is 0 Å². The molecule has 0 saturated carbocycles. The summed E-state index contributed by atoms with van der Waals surface area (Å²) in [4.78, 5) is 43.4. The Kier molecular flexibility index (Phi) is 26.6. The maximum Gasteiger partial charge on any atom is 0.339 e. The Bertz CT molecular complexity index is 697. The molecule has 0 unspecified atom stereocenters. The fourth-order valence-corrected chi connectivity index (χ4v) is 3.09. The quantitative estimate of drug-likeness (QED) is 0.144. The number of carbonyl (C=O) groups excluding carboxylic acids is 2. The van der Waals surface area contributed by atoms with Crippen molar-refractivity contribution < 1.29 is 38.9 Å². The molecule has 1 aromatic rings. The largest absolute Gasteiger partial charge is 0.481 e. The van der Waals surface area contributed by atoms with Gasteiger partial charge in [0, 0.05) is 12.8 Å². The van der Waals surface area contributed by atoms with Gasteiger partial charge in [-0.3, -0.25) is 9.59 Å². The van der Waals surface area contributed by atoms with Crippen molar-refractivity contribution in [2.75, 3.05) is 13.2 Å². The molecule has 0 amide bonds. The molecule has 0 aliphatic rings. The van der Waals surface area contributed by atoms with Crippen molar-refractivity contribution in [3.05, 3.63) is 35.4 Å². The van der Waals surface area contributed by atoms with Gasteiger partial charge >= 0.3 is 23.9 Å². The van der Waals surface area contributed by atoms with Gasteiger partial charge < -0.3 is 19.7 Å². The van der Waals surface area contributed by atoms with Gasteiger partial charge in [-0.25, -0.2) is 9.59 Å². The number of ether oxygens (including phenoxy) is 2. The molecule has 0 heterocycles. The fraction of sp³-hybridized carbons (Fsp3) is 0.667. The van der Waals surface area contributed by atoms with Gasteiger partial charge in [-0.15, -0.1) is 0 Å². The van der Waals surface area contributed by atoms with Crippen LogP contribution in [-0.4, -0.2) is 47.3 Å². The predicted octanol–water partition coefficient (Wildman–Crippen LogP) is 7.68. The van der Waals surface area contributed by atoms with E-state index >= 15 is 0 Å². The van der Waals surface area contributed by atoms with Gasteiger partial charge in [0.1, 0.15) is 0 Å². The minimum atomic E-state index is -0.745. The summed E-state index contributed by atoms with van der Waals surface area (Å²) in [5.41, 5.74) is 0.586. The molecule has 218 valence electrons. The number of hydrogen-bond acceptors (Lipinski definition) is 6. The lowest BCUT2D eigenvalue weighted by Crippen LogP contribution is -2.15. The van der Waals surface area contributed by atoms with Crippen LogP contribution in [0.4, 0.5) is 0 Å². The van der Waals surface area contributed by atoms with Crippen LogP contribution in [0.15, 0.2) is 24.3 Å². The highest BCUT2D eigenvalue weighted by Gasteiger charge is 2.18. The van der Waals surface area contributed by atoms with Gasteiger partial charge in [-0.1, -0.05) is 104 Å². The first-order valence-electron chi connectivity index (χ1n) is 14.1. The molecule has 1 rings (SSSR count). The summed E-state index contributed by atoms with van der Waals surface area (Å²) in [6.45, 7) is 8.37.